The topological polar surface area (TPSA) is 52.4 Å². The molecule has 0 aromatic carbocycles. The fraction of sp³-hybridized carbons (Fsp3) is 0. The van der Waals surface area contributed by atoms with E-state index in [0.717, 1.165) is 0 Å². The van der Waals surface area contributed by atoms with Crippen LogP contribution in [0.4, 0.5) is 0 Å². The van der Waals surface area contributed by atoms with Gasteiger partial charge in [-0.1, -0.05) is 0 Å². The van der Waals surface area contributed by atoms with Crippen molar-refractivity contribution in [1.29, 1.82) is 0 Å². The van der Waals surface area contributed by atoms with Gasteiger partial charge in [-0.15, -0.1) is 0 Å². The zero-order valence-electron chi connectivity index (χ0n) is 1.99. The van der Waals surface area contributed by atoms with Crippen molar-refractivity contribution in [1.82, 2.24) is 0 Å². The van der Waals surface area contributed by atoms with E-state index in [4.69, 9.17) is 10.1 Å². The molecule has 0 saturated heterocycles. The van der Waals surface area contributed by atoms with Crippen LogP contribution in [0.2, 0.25) is 0 Å². The Morgan fingerprint density at radius 3 is 2.20 bits per heavy atom. The molecule has 0 aromatic rings. The minimum atomic E-state index is -0.887. The minimum absolute atomic E-state index is 0.887. The Balaban J connectivity index is 2.85. The molecule has 4 nitrogen and oxygen atoms in total. The summed E-state index contributed by atoms with van der Waals surface area (Å²) in [5.41, 5.74) is 0. The molecule has 0 rings (SSSR count). The van der Waals surface area contributed by atoms with Crippen molar-refractivity contribution in [3.05, 3.63) is 10.1 Å². The predicted molar refractivity (Wildman–Crippen MR) is 8.08 cm³/mol. The summed E-state index contributed by atoms with van der Waals surface area (Å²) in [4.78, 5) is 8.94. The zero-order valence-corrected chi connectivity index (χ0v) is 4.26. The molecule has 0 fully saturated rings. The molecule has 0 spiro atoms. The second kappa shape index (κ2) is 2.15. The Morgan fingerprint density at radius 2 is 2.20 bits per heavy atom. The first-order valence-corrected chi connectivity index (χ1v) is 1.60. The molecule has 0 aliphatic heterocycles. The van der Waals surface area contributed by atoms with Crippen LogP contribution in [0, 0.1) is 10.1 Å². The van der Waals surface area contributed by atoms with Gasteiger partial charge in [-0.25, -0.2) is 0 Å². The van der Waals surface area contributed by atoms with Gasteiger partial charge in [-0.05, 0) is 0 Å². The molecule has 33 valence electrons. The summed E-state index contributed by atoms with van der Waals surface area (Å²) in [5.74, 6) is 0. The van der Waals surface area contributed by atoms with Crippen LogP contribution in [0.5, 0.6) is 0 Å². The molecule has 0 N–H and O–H groups in total. The van der Waals surface area contributed by atoms with Crippen LogP contribution in [0.3, 0.4) is 0 Å². The van der Waals surface area contributed by atoms with E-state index in [1.54, 1.807) is 0 Å². The molecule has 0 aromatic heterocycles. The van der Waals surface area contributed by atoms with Gasteiger partial charge in [-0.3, -0.25) is 0 Å². The van der Waals surface area contributed by atoms with Gasteiger partial charge in [0.2, 0.25) is 0 Å². The molecule has 0 radical (unpaired) electrons. The molecule has 0 aliphatic rings. The molecular formula is NO3Pt. The van der Waals surface area contributed by atoms with Crippen LogP contribution in [-0.4, -0.2) is 5.09 Å². The van der Waals surface area contributed by atoms with Crippen molar-refractivity contribution in [2.75, 3.05) is 0 Å². The normalized spacial score (nSPS) is 6.80. The van der Waals surface area contributed by atoms with E-state index in [0.29, 0.717) is 0 Å². The van der Waals surface area contributed by atoms with E-state index in [1.165, 1.54) is 20.2 Å². The van der Waals surface area contributed by atoms with Gasteiger partial charge in [0, 0.05) is 0 Å². The Hall–Kier alpha value is -0.112. The summed E-state index contributed by atoms with van der Waals surface area (Å²) in [7, 11) is 0. The standard InChI is InChI=1S/NO3.Pt/c2-1(3)4;/q-1;+1. The average Bonchev–Trinajstić information content (AvgIpc) is 1.38. The van der Waals surface area contributed by atoms with Crippen molar-refractivity contribution >= 4 is 0 Å². The first-order valence-electron chi connectivity index (χ1n) is 0.677. The SMILES string of the molecule is O=[N+]([O-])[O][Pt]. The summed E-state index contributed by atoms with van der Waals surface area (Å²) in [6, 6.07) is 0. The Morgan fingerprint density at radius 1 is 2.00 bits per heavy atom. The second-order valence-electron chi connectivity index (χ2n) is 0.281. The Bertz CT molecular complexity index is 42.2. The van der Waals surface area contributed by atoms with Gasteiger partial charge in [-0.2, -0.15) is 0 Å². The number of nitrogens with zero attached hydrogens (tertiary/aromatic N) is 1. The van der Waals surface area contributed by atoms with E-state index >= 15 is 0 Å². The third-order valence-electron chi connectivity index (χ3n) is 0.0471. The quantitative estimate of drug-likeness (QED) is 0.477. The molecule has 5 heteroatoms. The summed E-state index contributed by atoms with van der Waals surface area (Å²) in [6.07, 6.45) is 0. The zero-order chi connectivity index (χ0) is 4.28. The average molecular weight is 257 g/mol. The maximum absolute atomic E-state index is 8.94. The maximum atomic E-state index is 8.94. The first-order chi connectivity index (χ1) is 2.27. The molecule has 0 saturated carbocycles. The first kappa shape index (κ1) is 4.89. The molecule has 0 unspecified atom stereocenters. The van der Waals surface area contributed by atoms with Crippen LogP contribution < -0.4 is 0 Å². The molecule has 0 amide bonds. The van der Waals surface area contributed by atoms with E-state index in [-0.39, 0.29) is 0 Å². The molecule has 0 aliphatic carbocycles. The van der Waals surface area contributed by atoms with Crippen molar-refractivity contribution in [3.8, 4) is 0 Å². The number of hydrogen-bond acceptors (Lipinski definition) is 3. The van der Waals surface area contributed by atoms with Gasteiger partial charge in [0.05, 0.1) is 0 Å². The third kappa shape index (κ3) is 3.89. The molecule has 0 bridgehead atoms. The van der Waals surface area contributed by atoms with Crippen LogP contribution in [0.1, 0.15) is 0 Å². The van der Waals surface area contributed by atoms with Gasteiger partial charge >= 0.3 is 38.9 Å². The van der Waals surface area contributed by atoms with Crippen LogP contribution in [0.25, 0.3) is 0 Å². The third-order valence-corrected chi connectivity index (χ3v) is 0.386. The van der Waals surface area contributed by atoms with Gasteiger partial charge in [0.25, 0.3) is 0 Å². The molecular weight excluding hydrogens is 257 g/mol. The number of hydrogen-bond donors (Lipinski definition) is 0. The van der Waals surface area contributed by atoms with Crippen LogP contribution in [0.15, 0.2) is 0 Å². The molecule has 5 heavy (non-hydrogen) atoms. The second-order valence-corrected chi connectivity index (χ2v) is 0.696. The van der Waals surface area contributed by atoms with Crippen molar-refractivity contribution < 1.29 is 28.8 Å². The van der Waals surface area contributed by atoms with E-state index < -0.39 is 5.09 Å². The van der Waals surface area contributed by atoms with Crippen molar-refractivity contribution in [2.45, 2.75) is 0 Å². The predicted octanol–water partition coefficient (Wildman–Crippen LogP) is -0.344. The fourth-order valence-electron chi connectivity index (χ4n) is 0. The van der Waals surface area contributed by atoms with Crippen molar-refractivity contribution in [3.63, 3.8) is 0 Å². The van der Waals surface area contributed by atoms with Gasteiger partial charge < -0.3 is 0 Å². The summed E-state index contributed by atoms with van der Waals surface area (Å²) in [5, 5.41) is 8.06. The summed E-state index contributed by atoms with van der Waals surface area (Å²) in [6.45, 7) is 0. The Labute approximate surface area is 39.6 Å². The van der Waals surface area contributed by atoms with Gasteiger partial charge in [0.1, 0.15) is 0 Å². The van der Waals surface area contributed by atoms with Crippen LogP contribution in [-0.2, 0) is 23.7 Å². The molecule has 0 heterocycles. The van der Waals surface area contributed by atoms with E-state index in [9.17, 15) is 0 Å². The van der Waals surface area contributed by atoms with E-state index in [2.05, 4.69) is 3.49 Å². The van der Waals surface area contributed by atoms with Crippen LogP contribution >= 0.6 is 0 Å². The monoisotopic (exact) mass is 257 g/mol. The van der Waals surface area contributed by atoms with Gasteiger partial charge in [0.15, 0.2) is 0 Å². The molecule has 0 atom stereocenters. The summed E-state index contributed by atoms with van der Waals surface area (Å²) >= 11 is 1.17. The van der Waals surface area contributed by atoms with Crippen molar-refractivity contribution in [2.24, 2.45) is 0 Å². The fourth-order valence-corrected chi connectivity index (χ4v) is 0. The number of rotatable bonds is 1. The van der Waals surface area contributed by atoms with E-state index in [1.807, 2.05) is 0 Å². The summed E-state index contributed by atoms with van der Waals surface area (Å²) < 4.78 is 3.44. The Kier molecular flexibility index (Phi) is 2.10.